The molecule has 1 aromatic carbocycles. The summed E-state index contributed by atoms with van der Waals surface area (Å²) in [5.41, 5.74) is 2.73. The largest absolute Gasteiger partial charge is 0.383 e. The lowest BCUT2D eigenvalue weighted by Crippen LogP contribution is -2.32. The second-order valence-corrected chi connectivity index (χ2v) is 6.14. The molecule has 0 saturated carbocycles. The molecular formula is C17H27N3. The van der Waals surface area contributed by atoms with Gasteiger partial charge in [-0.05, 0) is 63.2 Å². The van der Waals surface area contributed by atoms with E-state index in [1.165, 1.54) is 69.7 Å². The minimum Gasteiger partial charge on any atom is -0.383 e. The quantitative estimate of drug-likeness (QED) is 0.883. The number of anilines is 2. The Morgan fingerprint density at radius 1 is 1.05 bits per heavy atom. The first kappa shape index (κ1) is 13.7. The van der Waals surface area contributed by atoms with Gasteiger partial charge in [0.15, 0.2) is 0 Å². The molecule has 0 aliphatic carbocycles. The lowest BCUT2D eigenvalue weighted by Gasteiger charge is -2.31. The van der Waals surface area contributed by atoms with Crippen molar-refractivity contribution in [3.63, 3.8) is 0 Å². The second kappa shape index (κ2) is 6.98. The van der Waals surface area contributed by atoms with E-state index in [1.807, 2.05) is 0 Å². The lowest BCUT2D eigenvalue weighted by atomic mass is 9.98. The number of hydrogen-bond acceptors (Lipinski definition) is 3. The SMILES string of the molecule is c1ccc(N2CCCCC2)c(NCC2CCNCC2)c1. The zero-order valence-corrected chi connectivity index (χ0v) is 12.4. The van der Waals surface area contributed by atoms with Crippen LogP contribution in [0.5, 0.6) is 0 Å². The van der Waals surface area contributed by atoms with Crippen molar-refractivity contribution >= 4 is 11.4 Å². The van der Waals surface area contributed by atoms with Gasteiger partial charge in [0, 0.05) is 19.6 Å². The first-order valence-corrected chi connectivity index (χ1v) is 8.22. The van der Waals surface area contributed by atoms with E-state index in [1.54, 1.807) is 0 Å². The molecule has 3 rings (SSSR count). The fraction of sp³-hybridized carbons (Fsp3) is 0.647. The lowest BCUT2D eigenvalue weighted by molar-refractivity contribution is 0.390. The number of para-hydroxylation sites is 2. The Bertz CT molecular complexity index is 406. The Labute approximate surface area is 122 Å². The number of hydrogen-bond donors (Lipinski definition) is 2. The predicted octanol–water partition coefficient (Wildman–Crippen LogP) is 3.09. The third kappa shape index (κ3) is 3.45. The molecule has 110 valence electrons. The molecule has 0 atom stereocenters. The fourth-order valence-corrected chi connectivity index (χ4v) is 3.37. The van der Waals surface area contributed by atoms with Crippen molar-refractivity contribution in [1.29, 1.82) is 0 Å². The fourth-order valence-electron chi connectivity index (χ4n) is 3.37. The molecule has 0 spiro atoms. The Balaban J connectivity index is 1.62. The van der Waals surface area contributed by atoms with E-state index >= 15 is 0 Å². The van der Waals surface area contributed by atoms with Gasteiger partial charge in [-0.15, -0.1) is 0 Å². The van der Waals surface area contributed by atoms with E-state index in [2.05, 4.69) is 39.8 Å². The van der Waals surface area contributed by atoms with Crippen LogP contribution < -0.4 is 15.5 Å². The first-order chi connectivity index (χ1) is 9.93. The third-order valence-electron chi connectivity index (χ3n) is 4.64. The van der Waals surface area contributed by atoms with E-state index in [9.17, 15) is 0 Å². The Morgan fingerprint density at radius 3 is 2.60 bits per heavy atom. The van der Waals surface area contributed by atoms with Crippen molar-refractivity contribution < 1.29 is 0 Å². The van der Waals surface area contributed by atoms with Crippen molar-refractivity contribution in [3.8, 4) is 0 Å². The normalized spacial score (nSPS) is 20.9. The van der Waals surface area contributed by atoms with Crippen LogP contribution >= 0.6 is 0 Å². The molecule has 0 bridgehead atoms. The smallest absolute Gasteiger partial charge is 0.0602 e. The zero-order valence-electron chi connectivity index (χ0n) is 12.4. The molecule has 2 fully saturated rings. The van der Waals surface area contributed by atoms with Gasteiger partial charge in [-0.25, -0.2) is 0 Å². The summed E-state index contributed by atoms with van der Waals surface area (Å²) in [6, 6.07) is 8.83. The maximum atomic E-state index is 3.71. The van der Waals surface area contributed by atoms with Crippen molar-refractivity contribution in [3.05, 3.63) is 24.3 Å². The van der Waals surface area contributed by atoms with Gasteiger partial charge in [0.25, 0.3) is 0 Å². The summed E-state index contributed by atoms with van der Waals surface area (Å²) >= 11 is 0. The molecule has 0 aromatic heterocycles. The Hall–Kier alpha value is -1.22. The van der Waals surface area contributed by atoms with Gasteiger partial charge in [-0.3, -0.25) is 0 Å². The molecule has 2 aliphatic rings. The maximum Gasteiger partial charge on any atom is 0.0602 e. The minimum atomic E-state index is 0.825. The van der Waals surface area contributed by atoms with Crippen molar-refractivity contribution in [2.45, 2.75) is 32.1 Å². The number of rotatable bonds is 4. The van der Waals surface area contributed by atoms with Gasteiger partial charge in [0.05, 0.1) is 11.4 Å². The average molecular weight is 273 g/mol. The highest BCUT2D eigenvalue weighted by molar-refractivity contribution is 5.70. The van der Waals surface area contributed by atoms with Crippen LogP contribution in [0, 0.1) is 5.92 Å². The molecule has 20 heavy (non-hydrogen) atoms. The topological polar surface area (TPSA) is 27.3 Å². The Kier molecular flexibility index (Phi) is 4.80. The van der Waals surface area contributed by atoms with E-state index in [0.717, 1.165) is 12.5 Å². The summed E-state index contributed by atoms with van der Waals surface area (Å²) in [5.74, 6) is 0.825. The molecular weight excluding hydrogens is 246 g/mol. The van der Waals surface area contributed by atoms with Crippen LogP contribution in [-0.2, 0) is 0 Å². The van der Waals surface area contributed by atoms with Gasteiger partial charge < -0.3 is 15.5 Å². The molecule has 3 heteroatoms. The van der Waals surface area contributed by atoms with Crippen LogP contribution in [-0.4, -0.2) is 32.7 Å². The van der Waals surface area contributed by atoms with E-state index in [4.69, 9.17) is 0 Å². The van der Waals surface area contributed by atoms with Crippen LogP contribution in [0.25, 0.3) is 0 Å². The van der Waals surface area contributed by atoms with Crippen molar-refractivity contribution in [1.82, 2.24) is 5.32 Å². The van der Waals surface area contributed by atoms with Gasteiger partial charge >= 0.3 is 0 Å². The zero-order chi connectivity index (χ0) is 13.6. The standard InChI is InChI=1S/C17H27N3/c1-4-12-20(13-5-1)17-7-3-2-6-16(17)19-14-15-8-10-18-11-9-15/h2-3,6-7,15,18-19H,1,4-5,8-14H2. The van der Waals surface area contributed by atoms with E-state index < -0.39 is 0 Å². The molecule has 2 aliphatic heterocycles. The van der Waals surface area contributed by atoms with Crippen LogP contribution in [0.3, 0.4) is 0 Å². The van der Waals surface area contributed by atoms with Crippen LogP contribution in [0.4, 0.5) is 11.4 Å². The summed E-state index contributed by atoms with van der Waals surface area (Å²) in [6.45, 7) is 5.91. The highest BCUT2D eigenvalue weighted by atomic mass is 15.1. The summed E-state index contributed by atoms with van der Waals surface area (Å²) < 4.78 is 0. The molecule has 0 radical (unpaired) electrons. The van der Waals surface area contributed by atoms with Crippen LogP contribution in [0.1, 0.15) is 32.1 Å². The number of nitrogens with zero attached hydrogens (tertiary/aromatic N) is 1. The molecule has 0 amide bonds. The van der Waals surface area contributed by atoms with E-state index in [0.29, 0.717) is 0 Å². The highest BCUT2D eigenvalue weighted by Crippen LogP contribution is 2.28. The molecule has 2 heterocycles. The number of piperidine rings is 2. The monoisotopic (exact) mass is 273 g/mol. The predicted molar refractivity (Wildman–Crippen MR) is 86.6 cm³/mol. The first-order valence-electron chi connectivity index (χ1n) is 8.22. The number of nitrogens with one attached hydrogen (secondary N) is 2. The number of benzene rings is 1. The minimum absolute atomic E-state index is 0.825. The van der Waals surface area contributed by atoms with Gasteiger partial charge in [-0.2, -0.15) is 0 Å². The highest BCUT2D eigenvalue weighted by Gasteiger charge is 2.16. The van der Waals surface area contributed by atoms with Crippen molar-refractivity contribution in [2.24, 2.45) is 5.92 Å². The third-order valence-corrected chi connectivity index (χ3v) is 4.64. The summed E-state index contributed by atoms with van der Waals surface area (Å²) in [6.07, 6.45) is 6.67. The van der Waals surface area contributed by atoms with Gasteiger partial charge in [0.2, 0.25) is 0 Å². The maximum absolute atomic E-state index is 3.71. The molecule has 2 N–H and O–H groups in total. The molecule has 1 aromatic rings. The van der Waals surface area contributed by atoms with Crippen molar-refractivity contribution in [2.75, 3.05) is 42.9 Å². The van der Waals surface area contributed by atoms with Gasteiger partial charge in [0.1, 0.15) is 0 Å². The summed E-state index contributed by atoms with van der Waals surface area (Å²) in [4.78, 5) is 2.55. The average Bonchev–Trinajstić information content (AvgIpc) is 2.55. The molecule has 3 nitrogen and oxygen atoms in total. The van der Waals surface area contributed by atoms with Crippen LogP contribution in [0.15, 0.2) is 24.3 Å². The van der Waals surface area contributed by atoms with Gasteiger partial charge in [-0.1, -0.05) is 12.1 Å². The second-order valence-electron chi connectivity index (χ2n) is 6.14. The molecule has 2 saturated heterocycles. The summed E-state index contributed by atoms with van der Waals surface area (Å²) in [7, 11) is 0. The van der Waals surface area contributed by atoms with Crippen LogP contribution in [0.2, 0.25) is 0 Å². The van der Waals surface area contributed by atoms with E-state index in [-0.39, 0.29) is 0 Å². The molecule has 0 unspecified atom stereocenters. The Morgan fingerprint density at radius 2 is 1.80 bits per heavy atom. The summed E-state index contributed by atoms with van der Waals surface area (Å²) in [5, 5.41) is 7.15.